The summed E-state index contributed by atoms with van der Waals surface area (Å²) in [5.74, 6) is 1.20. The van der Waals surface area contributed by atoms with Crippen LogP contribution in [0.5, 0.6) is 17.2 Å². The minimum absolute atomic E-state index is 0.301. The molecule has 1 N–H and O–H groups in total. The summed E-state index contributed by atoms with van der Waals surface area (Å²) >= 11 is 12.2. The molecule has 3 aromatic rings. The number of hydrogen-bond donors (Lipinski definition) is 1. The van der Waals surface area contributed by atoms with Gasteiger partial charge in [-0.1, -0.05) is 41.4 Å². The molecule has 29 heavy (non-hydrogen) atoms. The summed E-state index contributed by atoms with van der Waals surface area (Å²) in [6.45, 7) is 0.340. The van der Waals surface area contributed by atoms with Crippen LogP contribution in [0.25, 0.3) is 0 Å². The van der Waals surface area contributed by atoms with Crippen molar-refractivity contribution in [3.05, 3.63) is 81.8 Å². The van der Waals surface area contributed by atoms with E-state index in [0.29, 0.717) is 45.2 Å². The molecule has 0 aliphatic carbocycles. The lowest BCUT2D eigenvalue weighted by Gasteiger charge is -2.13. The van der Waals surface area contributed by atoms with Crippen molar-refractivity contribution in [2.24, 2.45) is 0 Å². The highest BCUT2D eigenvalue weighted by atomic mass is 35.5. The van der Waals surface area contributed by atoms with Gasteiger partial charge in [0.2, 0.25) is 0 Å². The standard InChI is InChI=1S/C22H19Cl2NO4/c1-27-20-12-19(21(28-2)11-18(20)24)25-22(26)14-7-9-16(10-8-14)29-13-15-5-3-4-6-17(15)23/h3-12H,13H2,1-2H3,(H,25,26). The number of benzene rings is 3. The number of ether oxygens (including phenoxy) is 3. The summed E-state index contributed by atoms with van der Waals surface area (Å²) in [6, 6.07) is 17.5. The molecule has 0 saturated heterocycles. The average molecular weight is 432 g/mol. The topological polar surface area (TPSA) is 56.8 Å². The van der Waals surface area contributed by atoms with Crippen LogP contribution in [0.4, 0.5) is 5.69 Å². The van der Waals surface area contributed by atoms with Gasteiger partial charge >= 0.3 is 0 Å². The van der Waals surface area contributed by atoms with Crippen molar-refractivity contribution in [2.75, 3.05) is 19.5 Å². The van der Waals surface area contributed by atoms with E-state index in [9.17, 15) is 4.79 Å². The van der Waals surface area contributed by atoms with Gasteiger partial charge in [0, 0.05) is 28.3 Å². The summed E-state index contributed by atoms with van der Waals surface area (Å²) < 4.78 is 16.2. The molecule has 3 rings (SSSR count). The van der Waals surface area contributed by atoms with Crippen molar-refractivity contribution in [1.29, 1.82) is 0 Å². The van der Waals surface area contributed by atoms with E-state index in [1.54, 1.807) is 36.4 Å². The zero-order valence-electron chi connectivity index (χ0n) is 15.9. The predicted octanol–water partition coefficient (Wildman–Crippen LogP) is 5.84. The van der Waals surface area contributed by atoms with Crippen LogP contribution in [0, 0.1) is 0 Å². The van der Waals surface area contributed by atoms with Gasteiger partial charge in [-0.25, -0.2) is 0 Å². The monoisotopic (exact) mass is 431 g/mol. The Morgan fingerprint density at radius 2 is 1.59 bits per heavy atom. The number of hydrogen-bond acceptors (Lipinski definition) is 4. The first-order valence-electron chi connectivity index (χ1n) is 8.71. The Bertz CT molecular complexity index is 1010. The lowest BCUT2D eigenvalue weighted by Crippen LogP contribution is -2.12. The summed E-state index contributed by atoms with van der Waals surface area (Å²) in [4.78, 5) is 12.6. The second-order valence-corrected chi connectivity index (χ2v) is 6.86. The van der Waals surface area contributed by atoms with Gasteiger partial charge in [-0.2, -0.15) is 0 Å². The SMILES string of the molecule is COc1cc(NC(=O)c2ccc(OCc3ccccc3Cl)cc2)c(OC)cc1Cl. The zero-order chi connectivity index (χ0) is 20.8. The molecule has 0 saturated carbocycles. The predicted molar refractivity (Wildman–Crippen MR) is 115 cm³/mol. The van der Waals surface area contributed by atoms with Crippen LogP contribution in [0.3, 0.4) is 0 Å². The van der Waals surface area contributed by atoms with Gasteiger partial charge < -0.3 is 19.5 Å². The number of carbonyl (C=O) groups is 1. The van der Waals surface area contributed by atoms with Gasteiger partial charge in [0.25, 0.3) is 5.91 Å². The van der Waals surface area contributed by atoms with Gasteiger partial charge in [-0.3, -0.25) is 4.79 Å². The van der Waals surface area contributed by atoms with E-state index in [1.165, 1.54) is 14.2 Å². The molecule has 0 spiro atoms. The lowest BCUT2D eigenvalue weighted by atomic mass is 10.2. The van der Waals surface area contributed by atoms with E-state index in [-0.39, 0.29) is 5.91 Å². The molecule has 0 unspecified atom stereocenters. The van der Waals surface area contributed by atoms with Crippen molar-refractivity contribution >= 4 is 34.8 Å². The maximum atomic E-state index is 12.6. The number of anilines is 1. The number of methoxy groups -OCH3 is 2. The first-order valence-corrected chi connectivity index (χ1v) is 9.46. The van der Waals surface area contributed by atoms with E-state index in [0.717, 1.165) is 5.56 Å². The van der Waals surface area contributed by atoms with E-state index in [1.807, 2.05) is 24.3 Å². The molecule has 1 amide bonds. The van der Waals surface area contributed by atoms with Gasteiger partial charge in [0.15, 0.2) is 0 Å². The summed E-state index contributed by atoms with van der Waals surface area (Å²) in [6.07, 6.45) is 0. The van der Waals surface area contributed by atoms with Crippen LogP contribution in [-0.2, 0) is 6.61 Å². The van der Waals surface area contributed by atoms with Gasteiger partial charge in [0.05, 0.1) is 24.9 Å². The molecule has 0 aromatic heterocycles. The lowest BCUT2D eigenvalue weighted by molar-refractivity contribution is 0.102. The molecule has 0 aliphatic rings. The third-order valence-corrected chi connectivity index (χ3v) is 4.85. The van der Waals surface area contributed by atoms with Crippen LogP contribution >= 0.6 is 23.2 Å². The molecular formula is C22H19Cl2NO4. The van der Waals surface area contributed by atoms with Crippen LogP contribution in [0.2, 0.25) is 10.0 Å². The molecule has 0 heterocycles. The molecule has 3 aromatic carbocycles. The van der Waals surface area contributed by atoms with Gasteiger partial charge in [-0.05, 0) is 30.3 Å². The molecule has 0 aliphatic heterocycles. The highest BCUT2D eigenvalue weighted by molar-refractivity contribution is 6.32. The number of nitrogens with one attached hydrogen (secondary N) is 1. The number of rotatable bonds is 7. The summed E-state index contributed by atoms with van der Waals surface area (Å²) in [7, 11) is 3.00. The Balaban J connectivity index is 1.68. The van der Waals surface area contributed by atoms with Crippen molar-refractivity contribution in [2.45, 2.75) is 6.61 Å². The van der Waals surface area contributed by atoms with Crippen molar-refractivity contribution < 1.29 is 19.0 Å². The van der Waals surface area contributed by atoms with Crippen molar-refractivity contribution in [1.82, 2.24) is 0 Å². The molecule has 7 heteroatoms. The Labute approximate surface area is 179 Å². The summed E-state index contributed by atoms with van der Waals surface area (Å²) in [5, 5.41) is 3.84. The van der Waals surface area contributed by atoms with E-state index in [2.05, 4.69) is 5.32 Å². The second kappa shape index (κ2) is 9.54. The fourth-order valence-corrected chi connectivity index (χ4v) is 3.05. The maximum absolute atomic E-state index is 12.6. The van der Waals surface area contributed by atoms with E-state index < -0.39 is 0 Å². The zero-order valence-corrected chi connectivity index (χ0v) is 17.4. The largest absolute Gasteiger partial charge is 0.495 e. The molecule has 0 atom stereocenters. The molecule has 0 bridgehead atoms. The van der Waals surface area contributed by atoms with E-state index in [4.69, 9.17) is 37.4 Å². The highest BCUT2D eigenvalue weighted by Gasteiger charge is 2.14. The van der Waals surface area contributed by atoms with Crippen LogP contribution in [0.15, 0.2) is 60.7 Å². The fraction of sp³-hybridized carbons (Fsp3) is 0.136. The first kappa shape index (κ1) is 20.8. The molecule has 0 fully saturated rings. The van der Waals surface area contributed by atoms with Gasteiger partial charge in [0.1, 0.15) is 23.9 Å². The molecule has 5 nitrogen and oxygen atoms in total. The Morgan fingerprint density at radius 3 is 2.24 bits per heavy atom. The summed E-state index contributed by atoms with van der Waals surface area (Å²) in [5.41, 5.74) is 1.81. The van der Waals surface area contributed by atoms with E-state index >= 15 is 0 Å². The third kappa shape index (κ3) is 5.13. The fourth-order valence-electron chi connectivity index (χ4n) is 2.63. The normalized spacial score (nSPS) is 10.3. The van der Waals surface area contributed by atoms with Crippen LogP contribution in [-0.4, -0.2) is 20.1 Å². The Hall–Kier alpha value is -2.89. The highest BCUT2D eigenvalue weighted by Crippen LogP contribution is 2.36. The number of amides is 1. The third-order valence-electron chi connectivity index (χ3n) is 4.19. The van der Waals surface area contributed by atoms with Crippen molar-refractivity contribution in [3.63, 3.8) is 0 Å². The van der Waals surface area contributed by atoms with Crippen molar-refractivity contribution in [3.8, 4) is 17.2 Å². The Morgan fingerprint density at radius 1 is 0.897 bits per heavy atom. The quantitative estimate of drug-likeness (QED) is 0.510. The minimum atomic E-state index is -0.301. The molecular weight excluding hydrogens is 413 g/mol. The average Bonchev–Trinajstić information content (AvgIpc) is 2.74. The van der Waals surface area contributed by atoms with Crippen LogP contribution in [0.1, 0.15) is 15.9 Å². The smallest absolute Gasteiger partial charge is 0.255 e. The Kier molecular flexibility index (Phi) is 6.86. The molecule has 150 valence electrons. The second-order valence-electron chi connectivity index (χ2n) is 6.05. The molecule has 0 radical (unpaired) electrons. The van der Waals surface area contributed by atoms with Crippen LogP contribution < -0.4 is 19.5 Å². The maximum Gasteiger partial charge on any atom is 0.255 e. The first-order chi connectivity index (χ1) is 14.0. The number of halogens is 2. The van der Waals surface area contributed by atoms with Gasteiger partial charge in [-0.15, -0.1) is 0 Å². The number of carbonyl (C=O) groups excluding carboxylic acids is 1. The minimum Gasteiger partial charge on any atom is -0.495 e.